The Morgan fingerprint density at radius 1 is 1.00 bits per heavy atom. The van der Waals surface area contributed by atoms with Crippen LogP contribution in [-0.4, -0.2) is 34.4 Å². The minimum Gasteiger partial charge on any atom is -0.343 e. The first kappa shape index (κ1) is 23.3. The highest BCUT2D eigenvalue weighted by atomic mass is 127. The van der Waals surface area contributed by atoms with E-state index in [0.29, 0.717) is 22.4 Å². The van der Waals surface area contributed by atoms with Crippen molar-refractivity contribution in [2.24, 2.45) is 5.10 Å². The number of hydrazone groups is 1. The summed E-state index contributed by atoms with van der Waals surface area (Å²) in [6, 6.07) is 22.6. The molecular weight excluding hydrogens is 548 g/mol. The maximum absolute atomic E-state index is 13.4. The normalized spacial score (nSPS) is 10.9. The average molecular weight is 567 g/mol. The Hall–Kier alpha value is -3.86. The predicted molar refractivity (Wildman–Crippen MR) is 136 cm³/mol. The molecular formula is C25H19FIN5O2. The molecule has 0 bridgehead atoms. The van der Waals surface area contributed by atoms with Gasteiger partial charge in [-0.15, -0.1) is 0 Å². The van der Waals surface area contributed by atoms with Gasteiger partial charge in [0.25, 0.3) is 11.8 Å². The zero-order chi connectivity index (χ0) is 23.9. The number of carbonyl (C=O) groups is 2. The Bertz CT molecular complexity index is 1340. The zero-order valence-corrected chi connectivity index (χ0v) is 19.9. The van der Waals surface area contributed by atoms with Crippen molar-refractivity contribution in [3.63, 3.8) is 0 Å². The summed E-state index contributed by atoms with van der Waals surface area (Å²) < 4.78 is 15.9. The molecule has 0 saturated carbocycles. The second-order valence-corrected chi connectivity index (χ2v) is 8.34. The molecule has 0 atom stereocenters. The van der Waals surface area contributed by atoms with E-state index in [-0.39, 0.29) is 18.3 Å². The standard InChI is InChI=1S/C25H19FIN5O2/c26-19-12-10-17(11-13-19)24-18(16-32(31-24)20-6-2-1-3-7-20)14-29-30-23(33)15-28-25(34)21-8-4-5-9-22(21)27/h1-14,16H,15H2,(H,28,34)(H,30,33)/b29-14+. The topological polar surface area (TPSA) is 88.4 Å². The van der Waals surface area contributed by atoms with Crippen molar-refractivity contribution in [1.29, 1.82) is 0 Å². The number of carbonyl (C=O) groups excluding carboxylic acids is 2. The average Bonchev–Trinajstić information content (AvgIpc) is 3.28. The fourth-order valence-corrected chi connectivity index (χ4v) is 3.77. The molecule has 4 rings (SSSR count). The molecule has 1 aromatic heterocycles. The van der Waals surface area contributed by atoms with Crippen molar-refractivity contribution < 1.29 is 14.0 Å². The molecule has 0 radical (unpaired) electrons. The van der Waals surface area contributed by atoms with Crippen LogP contribution in [0.2, 0.25) is 0 Å². The van der Waals surface area contributed by atoms with E-state index in [0.717, 1.165) is 9.26 Å². The van der Waals surface area contributed by atoms with Crippen molar-refractivity contribution in [3.8, 4) is 16.9 Å². The second-order valence-electron chi connectivity index (χ2n) is 7.18. The van der Waals surface area contributed by atoms with Gasteiger partial charge in [-0.2, -0.15) is 10.2 Å². The number of nitrogens with zero attached hydrogens (tertiary/aromatic N) is 3. The third-order valence-corrected chi connectivity index (χ3v) is 5.74. The van der Waals surface area contributed by atoms with Gasteiger partial charge in [0.2, 0.25) is 0 Å². The van der Waals surface area contributed by atoms with E-state index in [1.807, 2.05) is 42.5 Å². The number of hydrogen-bond acceptors (Lipinski definition) is 4. The van der Waals surface area contributed by atoms with Gasteiger partial charge in [-0.05, 0) is 71.1 Å². The Balaban J connectivity index is 1.46. The molecule has 0 spiro atoms. The summed E-state index contributed by atoms with van der Waals surface area (Å²) >= 11 is 2.06. The molecule has 170 valence electrons. The Labute approximate surface area is 208 Å². The number of amides is 2. The molecule has 0 fully saturated rings. The van der Waals surface area contributed by atoms with Crippen LogP contribution in [0.5, 0.6) is 0 Å². The molecule has 1 heterocycles. The van der Waals surface area contributed by atoms with E-state index in [1.54, 1.807) is 35.1 Å². The van der Waals surface area contributed by atoms with Gasteiger partial charge in [-0.3, -0.25) is 9.59 Å². The van der Waals surface area contributed by atoms with Crippen LogP contribution in [0.4, 0.5) is 4.39 Å². The summed E-state index contributed by atoms with van der Waals surface area (Å²) in [5.74, 6) is -1.16. The highest BCUT2D eigenvalue weighted by Gasteiger charge is 2.13. The number of aromatic nitrogens is 2. The van der Waals surface area contributed by atoms with Crippen molar-refractivity contribution in [1.82, 2.24) is 20.5 Å². The second kappa shape index (κ2) is 10.8. The Morgan fingerprint density at radius 3 is 2.44 bits per heavy atom. The molecule has 3 aromatic carbocycles. The van der Waals surface area contributed by atoms with Crippen LogP contribution in [-0.2, 0) is 4.79 Å². The maximum atomic E-state index is 13.4. The molecule has 0 aliphatic carbocycles. The lowest BCUT2D eigenvalue weighted by molar-refractivity contribution is -0.120. The minimum absolute atomic E-state index is 0.227. The first-order chi connectivity index (χ1) is 16.5. The van der Waals surface area contributed by atoms with Crippen LogP contribution in [0.15, 0.2) is 90.2 Å². The van der Waals surface area contributed by atoms with E-state index in [2.05, 4.69) is 43.5 Å². The molecule has 0 aliphatic rings. The van der Waals surface area contributed by atoms with E-state index in [4.69, 9.17) is 0 Å². The fraction of sp³-hybridized carbons (Fsp3) is 0.0400. The Morgan fingerprint density at radius 2 is 1.71 bits per heavy atom. The van der Waals surface area contributed by atoms with Gasteiger partial charge in [-0.25, -0.2) is 14.5 Å². The van der Waals surface area contributed by atoms with Crippen LogP contribution < -0.4 is 10.7 Å². The number of rotatable bonds is 7. The van der Waals surface area contributed by atoms with Gasteiger partial charge in [0.05, 0.1) is 24.0 Å². The summed E-state index contributed by atoms with van der Waals surface area (Å²) in [4.78, 5) is 24.4. The van der Waals surface area contributed by atoms with E-state index in [9.17, 15) is 14.0 Å². The Kier molecular flexibility index (Phi) is 7.43. The van der Waals surface area contributed by atoms with Gasteiger partial charge in [0.15, 0.2) is 0 Å². The van der Waals surface area contributed by atoms with Crippen molar-refractivity contribution in [2.45, 2.75) is 0 Å². The van der Waals surface area contributed by atoms with Crippen LogP contribution in [0.1, 0.15) is 15.9 Å². The van der Waals surface area contributed by atoms with Crippen LogP contribution in [0.3, 0.4) is 0 Å². The van der Waals surface area contributed by atoms with Gasteiger partial charge in [0, 0.05) is 20.9 Å². The van der Waals surface area contributed by atoms with Gasteiger partial charge < -0.3 is 5.32 Å². The van der Waals surface area contributed by atoms with E-state index < -0.39 is 5.91 Å². The third kappa shape index (κ3) is 5.73. The van der Waals surface area contributed by atoms with Crippen LogP contribution in [0, 0.1) is 9.39 Å². The molecule has 0 aliphatic heterocycles. The summed E-state index contributed by atoms with van der Waals surface area (Å²) in [5.41, 5.74) is 5.65. The van der Waals surface area contributed by atoms with Crippen molar-refractivity contribution in [2.75, 3.05) is 6.54 Å². The molecule has 34 heavy (non-hydrogen) atoms. The summed E-state index contributed by atoms with van der Waals surface area (Å²) in [6.45, 7) is -0.227. The minimum atomic E-state index is -0.477. The summed E-state index contributed by atoms with van der Waals surface area (Å²) in [6.07, 6.45) is 3.23. The first-order valence-corrected chi connectivity index (χ1v) is 11.3. The number of benzene rings is 3. The van der Waals surface area contributed by atoms with Gasteiger partial charge in [0.1, 0.15) is 11.5 Å². The molecule has 0 unspecified atom stereocenters. The number of nitrogens with one attached hydrogen (secondary N) is 2. The molecule has 7 nitrogen and oxygen atoms in total. The van der Waals surface area contributed by atoms with Crippen LogP contribution in [0.25, 0.3) is 16.9 Å². The lowest BCUT2D eigenvalue weighted by atomic mass is 10.1. The van der Waals surface area contributed by atoms with Gasteiger partial charge >= 0.3 is 0 Å². The van der Waals surface area contributed by atoms with Crippen LogP contribution >= 0.6 is 22.6 Å². The monoisotopic (exact) mass is 567 g/mol. The summed E-state index contributed by atoms with van der Waals surface area (Å²) in [7, 11) is 0. The lowest BCUT2D eigenvalue weighted by Gasteiger charge is -2.05. The molecule has 2 N–H and O–H groups in total. The smallest absolute Gasteiger partial charge is 0.259 e. The number of halogens is 2. The summed E-state index contributed by atoms with van der Waals surface area (Å²) in [5, 5.41) is 11.2. The van der Waals surface area contributed by atoms with E-state index >= 15 is 0 Å². The van der Waals surface area contributed by atoms with Crippen molar-refractivity contribution >= 4 is 40.6 Å². The fourth-order valence-electron chi connectivity index (χ4n) is 3.14. The number of hydrogen-bond donors (Lipinski definition) is 2. The quantitative estimate of drug-likeness (QED) is 0.200. The molecule has 4 aromatic rings. The highest BCUT2D eigenvalue weighted by Crippen LogP contribution is 2.23. The van der Waals surface area contributed by atoms with Crippen molar-refractivity contribution in [3.05, 3.63) is 106 Å². The number of para-hydroxylation sites is 1. The maximum Gasteiger partial charge on any atom is 0.259 e. The predicted octanol–water partition coefficient (Wildman–Crippen LogP) is 4.16. The van der Waals surface area contributed by atoms with Gasteiger partial charge in [-0.1, -0.05) is 30.3 Å². The SMILES string of the molecule is O=C(CNC(=O)c1ccccc1I)N/N=C/c1cn(-c2ccccc2)nc1-c1ccc(F)cc1. The first-order valence-electron chi connectivity index (χ1n) is 10.3. The molecule has 9 heteroatoms. The molecule has 2 amide bonds. The zero-order valence-electron chi connectivity index (χ0n) is 17.8. The van der Waals surface area contributed by atoms with E-state index in [1.165, 1.54) is 18.3 Å². The molecule has 0 saturated heterocycles. The lowest BCUT2D eigenvalue weighted by Crippen LogP contribution is -2.35. The third-order valence-electron chi connectivity index (χ3n) is 4.80. The highest BCUT2D eigenvalue weighted by molar-refractivity contribution is 14.1. The largest absolute Gasteiger partial charge is 0.343 e.